The van der Waals surface area contributed by atoms with Gasteiger partial charge in [-0.3, -0.25) is 9.59 Å². The zero-order chi connectivity index (χ0) is 18.0. The third-order valence-corrected chi connectivity index (χ3v) is 9.24. The van der Waals surface area contributed by atoms with Crippen molar-refractivity contribution in [2.75, 3.05) is 6.61 Å². The molecule has 0 saturated heterocycles. The topological polar surface area (TPSA) is 74.6 Å². The number of hydrogen-bond acceptors (Lipinski definition) is 4. The summed E-state index contributed by atoms with van der Waals surface area (Å²) in [6, 6.07) is 0. The quantitative estimate of drug-likeness (QED) is 0.805. The van der Waals surface area contributed by atoms with Crippen LogP contribution in [0.5, 0.6) is 0 Å². The number of rotatable bonds is 2. The van der Waals surface area contributed by atoms with Gasteiger partial charge in [-0.2, -0.15) is 0 Å². The Hall–Kier alpha value is -0.740. The van der Waals surface area contributed by atoms with Crippen LogP contribution in [-0.4, -0.2) is 34.0 Å². The summed E-state index contributed by atoms with van der Waals surface area (Å²) >= 11 is 0. The highest BCUT2D eigenvalue weighted by Gasteiger charge is 2.66. The van der Waals surface area contributed by atoms with Gasteiger partial charge in [-0.15, -0.1) is 0 Å². The first-order valence-corrected chi connectivity index (χ1v) is 10.1. The van der Waals surface area contributed by atoms with Crippen LogP contribution in [0, 0.1) is 34.5 Å². The Bertz CT molecular complexity index is 601. The monoisotopic (exact) mass is 348 g/mol. The molecule has 4 heteroatoms. The molecule has 0 aromatic rings. The lowest BCUT2D eigenvalue weighted by Crippen LogP contribution is -2.59. The minimum absolute atomic E-state index is 0.250. The smallest absolute Gasteiger partial charge is 0.190 e. The molecule has 4 aliphatic carbocycles. The van der Waals surface area contributed by atoms with E-state index in [1.165, 1.54) is 0 Å². The van der Waals surface area contributed by atoms with Crippen molar-refractivity contribution in [3.05, 3.63) is 0 Å². The van der Waals surface area contributed by atoms with E-state index in [0.29, 0.717) is 35.9 Å². The fraction of sp³-hybridized carbons (Fsp3) is 0.905. The summed E-state index contributed by atoms with van der Waals surface area (Å²) in [6.07, 6.45) is 8.02. The highest BCUT2D eigenvalue weighted by Crippen LogP contribution is 2.68. The van der Waals surface area contributed by atoms with Gasteiger partial charge < -0.3 is 10.2 Å². The standard InChI is InChI=1S/C21H32O4/c1-19-8-5-14(23)11-13(19)3-4-15-16(19)6-9-20(2)17(15)7-10-21(20,25)18(24)12-22/h13,15-17,22,25H,3-12H2,1-2H3/t13?,15-,16+,17+,19+,20+,21+/m1/s1. The largest absolute Gasteiger partial charge is 0.388 e. The molecule has 140 valence electrons. The Balaban J connectivity index is 1.64. The predicted octanol–water partition coefficient (Wildman–Crippen LogP) is 2.89. The van der Waals surface area contributed by atoms with Gasteiger partial charge in [-0.25, -0.2) is 0 Å². The fourth-order valence-corrected chi connectivity index (χ4v) is 7.65. The highest BCUT2D eigenvalue weighted by atomic mass is 16.3. The van der Waals surface area contributed by atoms with E-state index in [2.05, 4.69) is 13.8 Å². The number of carbonyl (C=O) groups is 2. The van der Waals surface area contributed by atoms with Crippen molar-refractivity contribution in [1.29, 1.82) is 0 Å². The molecule has 1 unspecified atom stereocenters. The molecule has 4 rings (SSSR count). The van der Waals surface area contributed by atoms with E-state index < -0.39 is 17.6 Å². The van der Waals surface area contributed by atoms with Crippen LogP contribution in [0.2, 0.25) is 0 Å². The SMILES string of the molecule is C[C@]12CCC(=O)CC1CC[C@@H]1[C@@H]2CC[C@@]2(C)[C@H]1CC[C@]2(O)C(=O)CO. The van der Waals surface area contributed by atoms with Crippen molar-refractivity contribution in [2.45, 2.75) is 77.2 Å². The second-order valence-electron chi connectivity index (χ2n) is 9.84. The molecule has 0 spiro atoms. The molecule has 0 aromatic carbocycles. The Kier molecular flexibility index (Phi) is 3.98. The second-order valence-corrected chi connectivity index (χ2v) is 9.84. The molecule has 4 fully saturated rings. The molecule has 4 saturated carbocycles. The van der Waals surface area contributed by atoms with Crippen LogP contribution in [0.1, 0.15) is 71.6 Å². The lowest BCUT2D eigenvalue weighted by Gasteiger charge is -2.60. The lowest BCUT2D eigenvalue weighted by molar-refractivity contribution is -0.172. The Morgan fingerprint density at radius 2 is 1.80 bits per heavy atom. The molecule has 0 heterocycles. The van der Waals surface area contributed by atoms with Gasteiger partial charge in [0.2, 0.25) is 0 Å². The first-order chi connectivity index (χ1) is 11.8. The van der Waals surface area contributed by atoms with Gasteiger partial charge in [-0.05, 0) is 74.0 Å². The molecular formula is C21H32O4. The Labute approximate surface area is 150 Å². The van der Waals surface area contributed by atoms with E-state index in [-0.39, 0.29) is 11.2 Å². The average Bonchev–Trinajstić information content (AvgIpc) is 2.87. The highest BCUT2D eigenvalue weighted by molar-refractivity contribution is 5.89. The van der Waals surface area contributed by atoms with Gasteiger partial charge in [0, 0.05) is 18.3 Å². The van der Waals surface area contributed by atoms with Crippen molar-refractivity contribution in [2.24, 2.45) is 34.5 Å². The molecule has 0 bridgehead atoms. The minimum atomic E-state index is -1.35. The summed E-state index contributed by atoms with van der Waals surface area (Å²) < 4.78 is 0. The van der Waals surface area contributed by atoms with E-state index in [4.69, 9.17) is 0 Å². The first kappa shape index (κ1) is 17.7. The third-order valence-electron chi connectivity index (χ3n) is 9.24. The maximum absolute atomic E-state index is 12.3. The summed E-state index contributed by atoms with van der Waals surface area (Å²) in [4.78, 5) is 24.3. The molecule has 0 aliphatic heterocycles. The van der Waals surface area contributed by atoms with E-state index in [1.54, 1.807) is 0 Å². The number of carbonyl (C=O) groups excluding carboxylic acids is 2. The van der Waals surface area contributed by atoms with Gasteiger partial charge in [0.15, 0.2) is 5.78 Å². The van der Waals surface area contributed by atoms with Crippen LogP contribution in [0.3, 0.4) is 0 Å². The van der Waals surface area contributed by atoms with E-state index in [0.717, 1.165) is 51.4 Å². The van der Waals surface area contributed by atoms with Crippen molar-refractivity contribution >= 4 is 11.6 Å². The van der Waals surface area contributed by atoms with Gasteiger partial charge in [0.1, 0.15) is 18.0 Å². The number of ketones is 2. The molecular weight excluding hydrogens is 316 g/mol. The number of aliphatic hydroxyl groups is 2. The molecule has 4 nitrogen and oxygen atoms in total. The molecule has 4 aliphatic rings. The fourth-order valence-electron chi connectivity index (χ4n) is 7.65. The van der Waals surface area contributed by atoms with Crippen LogP contribution in [0.15, 0.2) is 0 Å². The van der Waals surface area contributed by atoms with Gasteiger partial charge in [-0.1, -0.05) is 13.8 Å². The summed E-state index contributed by atoms with van der Waals surface area (Å²) in [7, 11) is 0. The van der Waals surface area contributed by atoms with Crippen LogP contribution >= 0.6 is 0 Å². The lowest BCUT2D eigenvalue weighted by atomic mass is 9.44. The maximum Gasteiger partial charge on any atom is 0.190 e. The predicted molar refractivity (Wildman–Crippen MR) is 93.8 cm³/mol. The number of fused-ring (bicyclic) bond motifs is 5. The average molecular weight is 348 g/mol. The van der Waals surface area contributed by atoms with E-state index in [1.807, 2.05) is 0 Å². The van der Waals surface area contributed by atoms with Crippen LogP contribution in [0.4, 0.5) is 0 Å². The van der Waals surface area contributed by atoms with Gasteiger partial charge in [0.25, 0.3) is 0 Å². The molecule has 7 atom stereocenters. The van der Waals surface area contributed by atoms with Crippen molar-refractivity contribution in [1.82, 2.24) is 0 Å². The summed E-state index contributed by atoms with van der Waals surface area (Å²) in [5.74, 6) is 2.10. The molecule has 25 heavy (non-hydrogen) atoms. The minimum Gasteiger partial charge on any atom is -0.388 e. The van der Waals surface area contributed by atoms with E-state index >= 15 is 0 Å². The Morgan fingerprint density at radius 1 is 1.08 bits per heavy atom. The van der Waals surface area contributed by atoms with E-state index in [9.17, 15) is 19.8 Å². The number of hydrogen-bond donors (Lipinski definition) is 2. The maximum atomic E-state index is 12.3. The van der Waals surface area contributed by atoms with Crippen LogP contribution in [-0.2, 0) is 9.59 Å². The van der Waals surface area contributed by atoms with Crippen molar-refractivity contribution < 1.29 is 19.8 Å². The van der Waals surface area contributed by atoms with Crippen LogP contribution in [0.25, 0.3) is 0 Å². The number of aliphatic hydroxyl groups excluding tert-OH is 1. The molecule has 0 radical (unpaired) electrons. The van der Waals surface area contributed by atoms with Crippen molar-refractivity contribution in [3.63, 3.8) is 0 Å². The van der Waals surface area contributed by atoms with Gasteiger partial charge in [0.05, 0.1) is 0 Å². The molecule has 2 N–H and O–H groups in total. The summed E-state index contributed by atoms with van der Waals surface area (Å²) in [5.41, 5.74) is -1.50. The number of Topliss-reactive ketones (excluding diaryl/α,β-unsaturated/α-hetero) is 2. The van der Waals surface area contributed by atoms with Gasteiger partial charge >= 0.3 is 0 Å². The zero-order valence-electron chi connectivity index (χ0n) is 15.6. The first-order valence-electron chi connectivity index (χ1n) is 10.1. The molecule has 0 aromatic heterocycles. The van der Waals surface area contributed by atoms with Crippen molar-refractivity contribution in [3.8, 4) is 0 Å². The second kappa shape index (κ2) is 5.63. The third kappa shape index (κ3) is 2.19. The normalized spacial score (nSPS) is 52.2. The zero-order valence-corrected chi connectivity index (χ0v) is 15.6. The molecule has 0 amide bonds. The summed E-state index contributed by atoms with van der Waals surface area (Å²) in [6.45, 7) is 3.94. The summed E-state index contributed by atoms with van der Waals surface area (Å²) in [5, 5.41) is 20.6. The Morgan fingerprint density at radius 3 is 2.52 bits per heavy atom. The van der Waals surface area contributed by atoms with Crippen LogP contribution < -0.4 is 0 Å².